The van der Waals surface area contributed by atoms with Gasteiger partial charge in [-0.2, -0.15) is 0 Å². The van der Waals surface area contributed by atoms with Crippen LogP contribution in [0.25, 0.3) is 0 Å². The zero-order valence-electron chi connectivity index (χ0n) is 14.5. The Bertz CT molecular complexity index is 793. The molecule has 7 heteroatoms. The molecule has 1 amide bonds. The highest BCUT2D eigenvalue weighted by Gasteiger charge is 2.51. The summed E-state index contributed by atoms with van der Waals surface area (Å²) in [7, 11) is 0. The fraction of sp³-hybridized carbons (Fsp3) is 0.526. The van der Waals surface area contributed by atoms with Gasteiger partial charge in [-0.15, -0.1) is 0 Å². The van der Waals surface area contributed by atoms with Gasteiger partial charge in [0.2, 0.25) is 11.6 Å². The highest BCUT2D eigenvalue weighted by atomic mass is 35.5. The lowest BCUT2D eigenvalue weighted by atomic mass is 9.81. The number of likely N-dealkylation sites (tertiary alicyclic amines) is 1. The van der Waals surface area contributed by atoms with Gasteiger partial charge in [-0.3, -0.25) is 9.59 Å². The average molecular weight is 378 g/mol. The first-order chi connectivity index (χ1) is 12.4. The van der Waals surface area contributed by atoms with Crippen LogP contribution < -0.4 is 4.74 Å². The Morgan fingerprint density at radius 1 is 1.31 bits per heavy atom. The summed E-state index contributed by atoms with van der Waals surface area (Å²) >= 11 is 6.07. The number of ether oxygens (including phenoxy) is 2. The van der Waals surface area contributed by atoms with E-state index in [0.717, 1.165) is 18.4 Å². The maximum atomic E-state index is 12.7. The molecule has 138 valence electrons. The molecule has 4 rings (SSSR count). The quantitative estimate of drug-likeness (QED) is 0.740. The Kier molecular flexibility index (Phi) is 4.18. The third-order valence-corrected chi connectivity index (χ3v) is 5.81. The van der Waals surface area contributed by atoms with Crippen LogP contribution in [0.1, 0.15) is 41.6 Å². The van der Waals surface area contributed by atoms with Crippen LogP contribution in [-0.4, -0.2) is 47.9 Å². The van der Waals surface area contributed by atoms with E-state index in [4.69, 9.17) is 21.1 Å². The van der Waals surface area contributed by atoms with Crippen molar-refractivity contribution in [3.8, 4) is 5.75 Å². The van der Waals surface area contributed by atoms with E-state index in [9.17, 15) is 14.4 Å². The van der Waals surface area contributed by atoms with Crippen LogP contribution in [0.3, 0.4) is 0 Å². The SMILES string of the molecule is Cc1cc2c(cc1Cl)C(=O)C(=O)C1(CCN(C(=O)OCC3CC3)CC1)O2. The topological polar surface area (TPSA) is 72.9 Å². The van der Waals surface area contributed by atoms with E-state index >= 15 is 0 Å². The van der Waals surface area contributed by atoms with Gasteiger partial charge in [0.1, 0.15) is 5.75 Å². The third-order valence-electron chi connectivity index (χ3n) is 5.40. The smallest absolute Gasteiger partial charge is 0.409 e. The fourth-order valence-electron chi connectivity index (χ4n) is 3.45. The van der Waals surface area contributed by atoms with Crippen molar-refractivity contribution in [3.05, 3.63) is 28.3 Å². The molecule has 0 atom stereocenters. The van der Waals surface area contributed by atoms with Gasteiger partial charge >= 0.3 is 6.09 Å². The molecule has 1 aliphatic carbocycles. The lowest BCUT2D eigenvalue weighted by Crippen LogP contribution is -2.58. The normalized spacial score (nSPS) is 21.4. The molecule has 1 aromatic carbocycles. The van der Waals surface area contributed by atoms with Crippen molar-refractivity contribution >= 4 is 29.3 Å². The number of halogens is 1. The number of fused-ring (bicyclic) bond motifs is 1. The second-order valence-corrected chi connectivity index (χ2v) is 7.77. The van der Waals surface area contributed by atoms with E-state index in [0.29, 0.717) is 36.4 Å². The molecule has 3 aliphatic rings. The summed E-state index contributed by atoms with van der Waals surface area (Å²) in [6.45, 7) is 2.93. The van der Waals surface area contributed by atoms with Crippen LogP contribution in [0, 0.1) is 12.8 Å². The standard InChI is InChI=1S/C19H20ClNO5/c1-11-8-15-13(9-14(11)20)16(22)17(23)19(26-15)4-6-21(7-5-19)18(24)25-10-12-2-3-12/h8-9,12H,2-7,10H2,1H3. The van der Waals surface area contributed by atoms with E-state index in [2.05, 4.69) is 0 Å². The number of amides is 1. The number of carbonyl (C=O) groups is 3. The van der Waals surface area contributed by atoms with E-state index < -0.39 is 17.2 Å². The van der Waals surface area contributed by atoms with Gasteiger partial charge < -0.3 is 14.4 Å². The van der Waals surface area contributed by atoms with Gasteiger partial charge in [-0.25, -0.2) is 4.79 Å². The second kappa shape index (κ2) is 6.27. The number of hydrogen-bond donors (Lipinski definition) is 0. The molecule has 2 heterocycles. The molecule has 0 bridgehead atoms. The van der Waals surface area contributed by atoms with Crippen molar-refractivity contribution in [2.75, 3.05) is 19.7 Å². The van der Waals surface area contributed by atoms with Crippen LogP contribution >= 0.6 is 11.6 Å². The Morgan fingerprint density at radius 2 is 2.00 bits per heavy atom. The van der Waals surface area contributed by atoms with E-state index in [1.807, 2.05) is 6.92 Å². The maximum absolute atomic E-state index is 12.7. The first-order valence-electron chi connectivity index (χ1n) is 8.90. The molecule has 0 unspecified atom stereocenters. The fourth-order valence-corrected chi connectivity index (χ4v) is 3.61. The molecular formula is C19H20ClNO5. The summed E-state index contributed by atoms with van der Waals surface area (Å²) in [5, 5.41) is 0.428. The van der Waals surface area contributed by atoms with Crippen LogP contribution in [0.2, 0.25) is 5.02 Å². The van der Waals surface area contributed by atoms with Gasteiger partial charge in [0.25, 0.3) is 0 Å². The number of benzene rings is 1. The minimum atomic E-state index is -1.20. The molecular weight excluding hydrogens is 358 g/mol. The van der Waals surface area contributed by atoms with Crippen LogP contribution in [0.15, 0.2) is 12.1 Å². The molecule has 2 fully saturated rings. The Balaban J connectivity index is 1.49. The molecule has 1 saturated carbocycles. The van der Waals surface area contributed by atoms with Crippen molar-refractivity contribution < 1.29 is 23.9 Å². The van der Waals surface area contributed by atoms with Gasteiger partial charge in [0.05, 0.1) is 12.2 Å². The van der Waals surface area contributed by atoms with Crippen LogP contribution in [-0.2, 0) is 9.53 Å². The minimum absolute atomic E-state index is 0.211. The van der Waals surface area contributed by atoms with E-state index in [1.54, 1.807) is 11.0 Å². The summed E-state index contributed by atoms with van der Waals surface area (Å²) < 4.78 is 11.3. The Morgan fingerprint density at radius 3 is 2.65 bits per heavy atom. The minimum Gasteiger partial charge on any atom is -0.478 e. The zero-order chi connectivity index (χ0) is 18.5. The van der Waals surface area contributed by atoms with E-state index in [1.165, 1.54) is 6.07 Å². The van der Waals surface area contributed by atoms with E-state index in [-0.39, 0.29) is 24.5 Å². The van der Waals surface area contributed by atoms with Crippen molar-refractivity contribution in [2.45, 2.75) is 38.2 Å². The number of hydrogen-bond acceptors (Lipinski definition) is 5. The number of piperidine rings is 1. The second-order valence-electron chi connectivity index (χ2n) is 7.36. The average Bonchev–Trinajstić information content (AvgIpc) is 3.45. The summed E-state index contributed by atoms with van der Waals surface area (Å²) in [4.78, 5) is 39.0. The molecule has 1 spiro atoms. The molecule has 1 aromatic rings. The predicted molar refractivity (Wildman–Crippen MR) is 93.8 cm³/mol. The molecule has 6 nitrogen and oxygen atoms in total. The zero-order valence-corrected chi connectivity index (χ0v) is 15.3. The first kappa shape index (κ1) is 17.3. The summed E-state index contributed by atoms with van der Waals surface area (Å²) in [5.41, 5.74) is -0.205. The lowest BCUT2D eigenvalue weighted by Gasteiger charge is -2.42. The maximum Gasteiger partial charge on any atom is 0.409 e. The monoisotopic (exact) mass is 377 g/mol. The summed E-state index contributed by atoms with van der Waals surface area (Å²) in [5.74, 6) is -0.238. The number of carbonyl (C=O) groups excluding carboxylic acids is 3. The summed E-state index contributed by atoms with van der Waals surface area (Å²) in [6, 6.07) is 3.18. The largest absolute Gasteiger partial charge is 0.478 e. The molecule has 2 aliphatic heterocycles. The van der Waals surface area contributed by atoms with Crippen molar-refractivity contribution in [1.29, 1.82) is 0 Å². The van der Waals surface area contributed by atoms with Crippen molar-refractivity contribution in [1.82, 2.24) is 4.90 Å². The molecule has 0 aromatic heterocycles. The van der Waals surface area contributed by atoms with Crippen molar-refractivity contribution in [2.24, 2.45) is 5.92 Å². The Labute approximate surface area is 156 Å². The highest BCUT2D eigenvalue weighted by Crippen LogP contribution is 2.39. The number of aryl methyl sites for hydroxylation is 1. The Hall–Kier alpha value is -2.08. The number of nitrogens with zero attached hydrogens (tertiary/aromatic N) is 1. The molecule has 0 radical (unpaired) electrons. The number of rotatable bonds is 2. The first-order valence-corrected chi connectivity index (χ1v) is 9.27. The number of Topliss-reactive ketones (excluding diaryl/α,β-unsaturated/α-hetero) is 2. The van der Waals surface area contributed by atoms with Gasteiger partial charge in [-0.05, 0) is 43.4 Å². The molecule has 0 N–H and O–H groups in total. The lowest BCUT2D eigenvalue weighted by molar-refractivity contribution is -0.134. The highest BCUT2D eigenvalue weighted by molar-refractivity contribution is 6.48. The predicted octanol–water partition coefficient (Wildman–Crippen LogP) is 3.17. The van der Waals surface area contributed by atoms with Gasteiger partial charge in [-0.1, -0.05) is 11.6 Å². The molecule has 26 heavy (non-hydrogen) atoms. The third kappa shape index (κ3) is 2.96. The van der Waals surface area contributed by atoms with Crippen molar-refractivity contribution in [3.63, 3.8) is 0 Å². The summed E-state index contributed by atoms with van der Waals surface area (Å²) in [6.07, 6.45) is 2.42. The molecule has 1 saturated heterocycles. The number of ketones is 2. The van der Waals surface area contributed by atoms with Crippen LogP contribution in [0.5, 0.6) is 5.75 Å². The van der Waals surface area contributed by atoms with Gasteiger partial charge in [0.15, 0.2) is 5.60 Å². The van der Waals surface area contributed by atoms with Crippen LogP contribution in [0.4, 0.5) is 4.79 Å². The van der Waals surface area contributed by atoms with Gasteiger partial charge in [0, 0.05) is 31.0 Å².